The molecule has 11 heavy (non-hydrogen) atoms. The molecular weight excluding hydrogens is 255 g/mol. The van der Waals surface area contributed by atoms with Crippen LogP contribution in [0.5, 0.6) is 0 Å². The number of rotatable bonds is 1. The molecule has 2 nitrogen and oxygen atoms in total. The van der Waals surface area contributed by atoms with Crippen LogP contribution in [0.4, 0.5) is 0 Å². The second-order valence-electron chi connectivity index (χ2n) is 2.82. The summed E-state index contributed by atoms with van der Waals surface area (Å²) in [7, 11) is 0. The predicted molar refractivity (Wildman–Crippen MR) is 34.9 cm³/mol. The van der Waals surface area contributed by atoms with Gasteiger partial charge >= 0.3 is 47.9 Å². The topological polar surface area (TPSA) is 46.1 Å². The molecule has 0 N–H and O–H groups in total. The number of hydrogen-bond acceptors (Lipinski definition) is 2. The van der Waals surface area contributed by atoms with Crippen molar-refractivity contribution in [2.75, 3.05) is 6.61 Å². The van der Waals surface area contributed by atoms with Crippen LogP contribution in [0.1, 0.15) is 34.1 Å². The first-order chi connectivity index (χ1) is 3.91. The zero-order valence-electron chi connectivity index (χ0n) is 7.73. The fraction of sp³-hybridized carbons (Fsp3) is 1.00. The van der Waals surface area contributed by atoms with Crippen LogP contribution in [0.2, 0.25) is 0 Å². The third kappa shape index (κ3) is 165. The molecule has 0 spiro atoms. The Bertz CT molecular complexity index is 46.9. The summed E-state index contributed by atoms with van der Waals surface area (Å²) in [6.45, 7) is 6.83. The Balaban J connectivity index is -0.0000000383. The average Bonchev–Trinajstić information content (AvgIpc) is 1.61. The summed E-state index contributed by atoms with van der Waals surface area (Å²) in [6, 6.07) is 0. The molecule has 0 atom stereocenters. The maximum absolute atomic E-state index is 10.1. The van der Waals surface area contributed by atoms with Gasteiger partial charge in [-0.25, -0.2) is 0 Å². The summed E-state index contributed by atoms with van der Waals surface area (Å²) < 4.78 is 0. The second kappa shape index (κ2) is 14.1. The van der Waals surface area contributed by atoms with Crippen LogP contribution in [0.15, 0.2) is 0 Å². The Morgan fingerprint density at radius 1 is 1.18 bits per heavy atom. The molecule has 0 aromatic heterocycles. The summed E-state index contributed by atoms with van der Waals surface area (Å²) in [5.74, 6) is 0. The third-order valence-corrected chi connectivity index (χ3v) is 0.204. The van der Waals surface area contributed by atoms with Gasteiger partial charge in [0.1, 0.15) is 0 Å². The van der Waals surface area contributed by atoms with Crippen molar-refractivity contribution in [3.8, 4) is 0 Å². The first kappa shape index (κ1) is 22.9. The molecule has 0 aromatic carbocycles. The van der Waals surface area contributed by atoms with Crippen molar-refractivity contribution in [3.63, 3.8) is 0 Å². The van der Waals surface area contributed by atoms with Crippen molar-refractivity contribution in [1.29, 1.82) is 0 Å². The van der Waals surface area contributed by atoms with E-state index in [1.54, 1.807) is 20.8 Å². The van der Waals surface area contributed by atoms with Gasteiger partial charge in [0.2, 0.25) is 0 Å². The van der Waals surface area contributed by atoms with Gasteiger partial charge in [-0.2, -0.15) is 0 Å². The Morgan fingerprint density at radius 2 is 1.27 bits per heavy atom. The molecule has 0 saturated carbocycles. The van der Waals surface area contributed by atoms with E-state index >= 15 is 0 Å². The van der Waals surface area contributed by atoms with Gasteiger partial charge in [0.15, 0.2) is 0 Å². The molecule has 0 aliphatic heterocycles. The molecule has 0 unspecified atom stereocenters. The van der Waals surface area contributed by atoms with E-state index in [2.05, 4.69) is 0 Å². The Kier molecular flexibility index (Phi) is 29.3. The molecule has 0 heterocycles. The van der Waals surface area contributed by atoms with E-state index in [0.717, 1.165) is 6.42 Å². The van der Waals surface area contributed by atoms with Gasteiger partial charge < -0.3 is 10.2 Å². The van der Waals surface area contributed by atoms with Gasteiger partial charge in [-0.05, 0) is 0 Å². The van der Waals surface area contributed by atoms with E-state index in [1.807, 2.05) is 6.92 Å². The van der Waals surface area contributed by atoms with Gasteiger partial charge in [-0.3, -0.25) is 0 Å². The fourth-order valence-electron chi connectivity index (χ4n) is 0. The van der Waals surface area contributed by atoms with Crippen molar-refractivity contribution >= 4 is 0 Å². The monoisotopic (exact) mass is 270 g/mol. The smallest absolute Gasteiger partial charge is 0.854 e. The van der Waals surface area contributed by atoms with E-state index in [0.29, 0.717) is 0 Å². The Labute approximate surface area is 104 Å². The minimum absolute atomic E-state index is 0. The van der Waals surface area contributed by atoms with Gasteiger partial charge in [0, 0.05) is 0 Å². The maximum Gasteiger partial charge on any atom is 4.00 e. The van der Waals surface area contributed by atoms with Crippen LogP contribution in [0, 0.1) is 0 Å². The minimum Gasteiger partial charge on any atom is -0.854 e. The summed E-state index contributed by atoms with van der Waals surface area (Å²) in [4.78, 5) is 0. The fourth-order valence-corrected chi connectivity index (χ4v) is 0. The van der Waals surface area contributed by atoms with Crippen LogP contribution in [-0.2, 0) is 47.9 Å². The van der Waals surface area contributed by atoms with E-state index in [-0.39, 0.29) is 54.5 Å². The first-order valence-corrected chi connectivity index (χ1v) is 3.20. The largest absolute Gasteiger partial charge is 4.00 e. The van der Waals surface area contributed by atoms with Crippen LogP contribution >= 0.6 is 0 Å². The normalized spacial score (nSPS) is 8.18. The SMILES string of the molecule is CC(C)(C)[O-].CCC[O-].[Ti+4].[Zr+4]. The zero-order valence-corrected chi connectivity index (χ0v) is 11.8. The van der Waals surface area contributed by atoms with Crippen molar-refractivity contribution in [1.82, 2.24) is 0 Å². The van der Waals surface area contributed by atoms with E-state index < -0.39 is 5.60 Å². The average molecular weight is 271 g/mol. The molecule has 0 aromatic rings. The Hall–Kier alpha value is 1.52. The van der Waals surface area contributed by atoms with E-state index in [9.17, 15) is 10.2 Å². The maximum atomic E-state index is 10.1. The molecule has 58 valence electrons. The van der Waals surface area contributed by atoms with Gasteiger partial charge in [-0.15, -0.1) is 12.2 Å². The molecule has 4 heteroatoms. The van der Waals surface area contributed by atoms with Crippen LogP contribution in [-0.4, -0.2) is 12.2 Å². The molecule has 0 saturated heterocycles. The second-order valence-corrected chi connectivity index (χ2v) is 2.82. The number of hydrogen-bond donors (Lipinski definition) is 0. The van der Waals surface area contributed by atoms with Crippen LogP contribution in [0.3, 0.4) is 0 Å². The molecule has 0 rings (SSSR count). The van der Waals surface area contributed by atoms with Crippen molar-refractivity contribution in [3.05, 3.63) is 0 Å². The molecule has 0 aliphatic rings. The summed E-state index contributed by atoms with van der Waals surface area (Å²) in [5, 5.41) is 19.4. The molecule has 0 bridgehead atoms. The van der Waals surface area contributed by atoms with Gasteiger partial charge in [0.05, 0.1) is 0 Å². The van der Waals surface area contributed by atoms with Gasteiger partial charge in [-0.1, -0.05) is 34.1 Å². The van der Waals surface area contributed by atoms with Crippen LogP contribution < -0.4 is 10.2 Å². The minimum atomic E-state index is -0.750. The van der Waals surface area contributed by atoms with Crippen molar-refractivity contribution < 1.29 is 58.1 Å². The molecule has 0 aliphatic carbocycles. The molecule has 0 amide bonds. The van der Waals surface area contributed by atoms with Crippen LogP contribution in [0.25, 0.3) is 0 Å². The molecular formula is C7H16O2TiZr+6. The zero-order chi connectivity index (χ0) is 7.91. The third-order valence-electron chi connectivity index (χ3n) is 0.204. The first-order valence-electron chi connectivity index (χ1n) is 3.20. The standard InChI is InChI=1S/C4H9O.C3H7O.Ti.Zr/c1-4(2,3)5;1-2-3-4;;/h1-3H3;2-3H2,1H3;;/q2*-1;2*+4. The summed E-state index contributed by atoms with van der Waals surface area (Å²) in [5.41, 5.74) is -0.750. The quantitative estimate of drug-likeness (QED) is 0.625. The van der Waals surface area contributed by atoms with Crippen molar-refractivity contribution in [2.24, 2.45) is 0 Å². The van der Waals surface area contributed by atoms with E-state index in [4.69, 9.17) is 0 Å². The molecule has 0 radical (unpaired) electrons. The van der Waals surface area contributed by atoms with Crippen molar-refractivity contribution in [2.45, 2.75) is 39.7 Å². The summed E-state index contributed by atoms with van der Waals surface area (Å²) >= 11 is 0. The predicted octanol–water partition coefficient (Wildman–Crippen LogP) is -0.103. The van der Waals surface area contributed by atoms with Gasteiger partial charge in [0.25, 0.3) is 0 Å². The summed E-state index contributed by atoms with van der Waals surface area (Å²) in [6.07, 6.45) is 0.764. The van der Waals surface area contributed by atoms with E-state index in [1.165, 1.54) is 0 Å². The Morgan fingerprint density at radius 3 is 1.27 bits per heavy atom. The molecule has 0 fully saturated rings.